The van der Waals surface area contributed by atoms with E-state index in [-0.39, 0.29) is 16.1 Å². The van der Waals surface area contributed by atoms with Crippen molar-refractivity contribution in [3.05, 3.63) is 52.6 Å². The van der Waals surface area contributed by atoms with Crippen molar-refractivity contribution in [3.8, 4) is 0 Å². The molecule has 146 valence electrons. The molecule has 0 bridgehead atoms. The number of carboxylic acids is 1. The molecule has 0 heterocycles. The van der Waals surface area contributed by atoms with Gasteiger partial charge in [0.05, 0.1) is 21.8 Å². The predicted octanol–water partition coefficient (Wildman–Crippen LogP) is 3.96. The summed E-state index contributed by atoms with van der Waals surface area (Å²) in [4.78, 5) is 13.6. The van der Waals surface area contributed by atoms with Gasteiger partial charge in [-0.2, -0.15) is 0 Å². The second-order valence-electron chi connectivity index (χ2n) is 6.54. The number of hydrogen-bond acceptors (Lipinski definition) is 4. The number of nitrogens with one attached hydrogen (secondary N) is 1. The molecule has 0 aromatic heterocycles. The molecule has 2 aromatic rings. The summed E-state index contributed by atoms with van der Waals surface area (Å²) in [6.45, 7) is 10.7. The Hall–Kier alpha value is -2.54. The highest BCUT2D eigenvalue weighted by atomic mass is 32.2. The summed E-state index contributed by atoms with van der Waals surface area (Å²) in [5.74, 6) is -1.11. The Bertz CT molecular complexity index is 941. The number of aryl methyl sites for hydroxylation is 3. The molecule has 0 fully saturated rings. The van der Waals surface area contributed by atoms with Crippen molar-refractivity contribution in [3.63, 3.8) is 0 Å². The van der Waals surface area contributed by atoms with Crippen LogP contribution in [0.2, 0.25) is 0 Å². The van der Waals surface area contributed by atoms with Gasteiger partial charge in [-0.15, -0.1) is 0 Å². The third-order valence-corrected chi connectivity index (χ3v) is 6.14. The van der Waals surface area contributed by atoms with Crippen molar-refractivity contribution in [2.45, 2.75) is 39.5 Å². The molecule has 0 spiro atoms. The Balaban J connectivity index is 2.60. The van der Waals surface area contributed by atoms with Crippen LogP contribution in [0.5, 0.6) is 0 Å². The number of hydrogen-bond donors (Lipinski definition) is 2. The van der Waals surface area contributed by atoms with Crippen molar-refractivity contribution < 1.29 is 18.3 Å². The van der Waals surface area contributed by atoms with Gasteiger partial charge in [0.2, 0.25) is 0 Å². The summed E-state index contributed by atoms with van der Waals surface area (Å²) in [5.41, 5.74) is 3.23. The molecular formula is C20H26N2O4S. The lowest BCUT2D eigenvalue weighted by molar-refractivity contribution is 0.0697. The van der Waals surface area contributed by atoms with Gasteiger partial charge in [0.1, 0.15) is 0 Å². The van der Waals surface area contributed by atoms with Crippen molar-refractivity contribution in [2.75, 3.05) is 22.7 Å². The van der Waals surface area contributed by atoms with Gasteiger partial charge < -0.3 is 10.0 Å². The Morgan fingerprint density at radius 3 is 2.07 bits per heavy atom. The number of nitrogens with zero attached hydrogens (tertiary/aromatic N) is 1. The SMILES string of the molecule is CCN(CC)c1ccc(C(=O)O)cc1NS(=O)(=O)c1c(C)cc(C)cc1C. The Kier molecular flexibility index (Phi) is 6.15. The molecule has 0 aliphatic carbocycles. The molecule has 0 aliphatic rings. The summed E-state index contributed by atoms with van der Waals surface area (Å²) >= 11 is 0. The van der Waals surface area contributed by atoms with Crippen molar-refractivity contribution in [2.24, 2.45) is 0 Å². The Labute approximate surface area is 160 Å². The molecule has 0 saturated carbocycles. The fourth-order valence-electron chi connectivity index (χ4n) is 3.38. The topological polar surface area (TPSA) is 86.7 Å². The van der Waals surface area contributed by atoms with Crippen molar-refractivity contribution in [1.82, 2.24) is 0 Å². The Morgan fingerprint density at radius 1 is 1.04 bits per heavy atom. The third kappa shape index (κ3) is 4.42. The van der Waals surface area contributed by atoms with Crippen LogP contribution >= 0.6 is 0 Å². The quantitative estimate of drug-likeness (QED) is 0.747. The van der Waals surface area contributed by atoms with E-state index in [9.17, 15) is 18.3 Å². The lowest BCUT2D eigenvalue weighted by atomic mass is 10.1. The largest absolute Gasteiger partial charge is 0.478 e. The van der Waals surface area contributed by atoms with E-state index in [1.807, 2.05) is 37.8 Å². The first kappa shape index (κ1) is 20.8. The van der Waals surface area contributed by atoms with Crippen LogP contribution in [0, 0.1) is 20.8 Å². The smallest absolute Gasteiger partial charge is 0.335 e. The van der Waals surface area contributed by atoms with Crippen LogP contribution in [0.25, 0.3) is 0 Å². The minimum absolute atomic E-state index is 0.0287. The van der Waals surface area contributed by atoms with Gasteiger partial charge in [0.25, 0.3) is 10.0 Å². The lowest BCUT2D eigenvalue weighted by Crippen LogP contribution is -2.25. The zero-order chi connectivity index (χ0) is 20.4. The molecule has 0 amide bonds. The van der Waals surface area contributed by atoms with E-state index in [0.29, 0.717) is 29.9 Å². The number of rotatable bonds is 7. The first-order chi connectivity index (χ1) is 12.6. The summed E-state index contributed by atoms with van der Waals surface area (Å²) in [6, 6.07) is 8.13. The molecule has 2 N–H and O–H groups in total. The van der Waals surface area contributed by atoms with Crippen molar-refractivity contribution >= 4 is 27.4 Å². The normalized spacial score (nSPS) is 11.3. The monoisotopic (exact) mass is 390 g/mol. The van der Waals surface area contributed by atoms with Crippen LogP contribution in [0.4, 0.5) is 11.4 Å². The van der Waals surface area contributed by atoms with E-state index < -0.39 is 16.0 Å². The van der Waals surface area contributed by atoms with Crippen molar-refractivity contribution in [1.29, 1.82) is 0 Å². The van der Waals surface area contributed by atoms with E-state index in [4.69, 9.17) is 0 Å². The van der Waals surface area contributed by atoms with E-state index in [0.717, 1.165) is 5.56 Å². The first-order valence-corrected chi connectivity index (χ1v) is 10.3. The second-order valence-corrected chi connectivity index (χ2v) is 8.16. The molecule has 0 saturated heterocycles. The molecule has 0 atom stereocenters. The van der Waals surface area contributed by atoms with E-state index in [1.165, 1.54) is 12.1 Å². The Morgan fingerprint density at radius 2 is 1.59 bits per heavy atom. The van der Waals surface area contributed by atoms with Gasteiger partial charge in [-0.3, -0.25) is 4.72 Å². The van der Waals surface area contributed by atoms with Crippen LogP contribution in [-0.4, -0.2) is 32.6 Å². The number of carbonyl (C=O) groups is 1. The highest BCUT2D eigenvalue weighted by Gasteiger charge is 2.23. The van der Waals surface area contributed by atoms with E-state index in [1.54, 1.807) is 19.9 Å². The zero-order valence-corrected chi connectivity index (χ0v) is 17.1. The number of anilines is 2. The minimum Gasteiger partial charge on any atom is -0.478 e. The summed E-state index contributed by atoms with van der Waals surface area (Å²) < 4.78 is 28.8. The third-order valence-electron chi connectivity index (χ3n) is 4.47. The van der Waals surface area contributed by atoms with E-state index in [2.05, 4.69) is 4.72 Å². The summed E-state index contributed by atoms with van der Waals surface area (Å²) in [5, 5.41) is 9.30. The van der Waals surface area contributed by atoms with Gasteiger partial charge >= 0.3 is 5.97 Å². The fraction of sp³-hybridized carbons (Fsp3) is 0.350. The molecule has 0 radical (unpaired) electrons. The van der Waals surface area contributed by atoms with Gasteiger partial charge in [-0.25, -0.2) is 13.2 Å². The molecule has 7 heteroatoms. The molecular weight excluding hydrogens is 364 g/mol. The number of sulfonamides is 1. The standard InChI is InChI=1S/C20H26N2O4S/c1-6-22(7-2)18-9-8-16(20(23)24)12-17(18)21-27(25,26)19-14(4)10-13(3)11-15(19)5/h8-12,21H,6-7H2,1-5H3,(H,23,24). The maximum absolute atomic E-state index is 13.1. The first-order valence-electron chi connectivity index (χ1n) is 8.83. The van der Waals surface area contributed by atoms with E-state index >= 15 is 0 Å². The van der Waals surface area contributed by atoms with Crippen LogP contribution in [0.1, 0.15) is 40.9 Å². The molecule has 0 unspecified atom stereocenters. The average Bonchev–Trinajstić information content (AvgIpc) is 2.55. The molecule has 2 rings (SSSR count). The lowest BCUT2D eigenvalue weighted by Gasteiger charge is -2.25. The van der Waals surface area contributed by atoms with Crippen LogP contribution in [0.15, 0.2) is 35.2 Å². The highest BCUT2D eigenvalue weighted by molar-refractivity contribution is 7.92. The molecule has 6 nitrogen and oxygen atoms in total. The zero-order valence-electron chi connectivity index (χ0n) is 16.3. The fourth-order valence-corrected chi connectivity index (χ4v) is 4.90. The minimum atomic E-state index is -3.88. The summed E-state index contributed by atoms with van der Waals surface area (Å²) in [7, 11) is -3.88. The molecule has 2 aromatic carbocycles. The number of benzene rings is 2. The number of aromatic carboxylic acids is 1. The van der Waals surface area contributed by atoms with Crippen LogP contribution < -0.4 is 9.62 Å². The predicted molar refractivity (Wildman–Crippen MR) is 108 cm³/mol. The second kappa shape index (κ2) is 8.00. The highest BCUT2D eigenvalue weighted by Crippen LogP contribution is 2.31. The maximum atomic E-state index is 13.1. The van der Waals surface area contributed by atoms with Gasteiger partial charge in [-0.05, 0) is 63.9 Å². The maximum Gasteiger partial charge on any atom is 0.335 e. The molecule has 27 heavy (non-hydrogen) atoms. The number of carboxylic acid groups (broad SMARTS) is 1. The van der Waals surface area contributed by atoms with Gasteiger partial charge in [-0.1, -0.05) is 17.7 Å². The summed E-state index contributed by atoms with van der Waals surface area (Å²) in [6.07, 6.45) is 0. The molecule has 0 aliphatic heterocycles. The van der Waals surface area contributed by atoms with Gasteiger partial charge in [0, 0.05) is 13.1 Å². The average molecular weight is 391 g/mol. The van der Waals surface area contributed by atoms with Gasteiger partial charge in [0.15, 0.2) is 0 Å². The van der Waals surface area contributed by atoms with Crippen LogP contribution in [-0.2, 0) is 10.0 Å². The van der Waals surface area contributed by atoms with Crippen LogP contribution in [0.3, 0.4) is 0 Å².